The second-order valence-electron chi connectivity index (χ2n) is 3.34. The fraction of sp³-hybridized carbons (Fsp3) is 0.875. The molecule has 5 nitrogen and oxygen atoms in total. The summed E-state index contributed by atoms with van der Waals surface area (Å²) in [6.45, 7) is 2.71. The second kappa shape index (κ2) is 4.04. The van der Waals surface area contributed by atoms with Crippen LogP contribution >= 0.6 is 0 Å². The molecule has 0 aromatic rings. The lowest BCUT2D eigenvalue weighted by molar-refractivity contribution is -0.157. The van der Waals surface area contributed by atoms with Gasteiger partial charge in [-0.1, -0.05) is 0 Å². The molecule has 0 aromatic heterocycles. The number of aliphatic hydroxyl groups is 2. The minimum atomic E-state index is -1.66. The molecule has 2 N–H and O–H groups in total. The number of ether oxygens (including phenoxy) is 1. The number of carbonyl (C=O) groups excluding carboxylic acids is 1. The lowest BCUT2D eigenvalue weighted by atomic mass is 10.1. The van der Waals surface area contributed by atoms with Crippen molar-refractivity contribution in [2.75, 3.05) is 32.9 Å². The van der Waals surface area contributed by atoms with Crippen molar-refractivity contribution in [3.05, 3.63) is 0 Å². The van der Waals surface area contributed by atoms with Crippen LogP contribution in [0.2, 0.25) is 0 Å². The van der Waals surface area contributed by atoms with E-state index in [2.05, 4.69) is 0 Å². The molecule has 1 aliphatic rings. The molecule has 0 bridgehead atoms. The number of aliphatic hydroxyl groups excluding tert-OH is 1. The van der Waals surface area contributed by atoms with E-state index < -0.39 is 18.1 Å². The maximum atomic E-state index is 11.5. The fourth-order valence-corrected chi connectivity index (χ4v) is 1.17. The molecule has 0 aromatic carbocycles. The molecule has 1 saturated heterocycles. The van der Waals surface area contributed by atoms with Crippen molar-refractivity contribution in [1.29, 1.82) is 0 Å². The van der Waals surface area contributed by atoms with Crippen molar-refractivity contribution in [3.8, 4) is 0 Å². The van der Waals surface area contributed by atoms with E-state index in [-0.39, 0.29) is 0 Å². The molecule has 1 aliphatic heterocycles. The van der Waals surface area contributed by atoms with Gasteiger partial charge in [0.25, 0.3) is 5.91 Å². The van der Waals surface area contributed by atoms with Gasteiger partial charge in [-0.15, -0.1) is 0 Å². The van der Waals surface area contributed by atoms with Crippen LogP contribution in [-0.2, 0) is 9.53 Å². The third-order valence-electron chi connectivity index (χ3n) is 2.07. The second-order valence-corrected chi connectivity index (χ2v) is 3.34. The van der Waals surface area contributed by atoms with Crippen molar-refractivity contribution >= 4 is 5.91 Å². The summed E-state index contributed by atoms with van der Waals surface area (Å²) in [6.07, 6.45) is 0. The van der Waals surface area contributed by atoms with E-state index >= 15 is 0 Å². The third kappa shape index (κ3) is 2.40. The predicted molar refractivity (Wildman–Crippen MR) is 45.1 cm³/mol. The SMILES string of the molecule is CC(O)(CO)C(=O)N1CCOCC1. The normalized spacial score (nSPS) is 22.5. The summed E-state index contributed by atoms with van der Waals surface area (Å²) in [4.78, 5) is 13.0. The van der Waals surface area contributed by atoms with E-state index in [9.17, 15) is 9.90 Å². The van der Waals surface area contributed by atoms with Crippen LogP contribution in [-0.4, -0.2) is 59.5 Å². The number of nitrogens with zero attached hydrogens (tertiary/aromatic N) is 1. The van der Waals surface area contributed by atoms with Gasteiger partial charge in [0.05, 0.1) is 19.8 Å². The van der Waals surface area contributed by atoms with Gasteiger partial charge in [0.1, 0.15) is 0 Å². The van der Waals surface area contributed by atoms with Crippen LogP contribution < -0.4 is 0 Å². The summed E-state index contributed by atoms with van der Waals surface area (Å²) in [7, 11) is 0. The van der Waals surface area contributed by atoms with Crippen molar-refractivity contribution in [1.82, 2.24) is 4.90 Å². The van der Waals surface area contributed by atoms with E-state index in [1.54, 1.807) is 0 Å². The molecule has 1 heterocycles. The number of morpholine rings is 1. The monoisotopic (exact) mass is 189 g/mol. The first-order chi connectivity index (χ1) is 6.08. The first-order valence-corrected chi connectivity index (χ1v) is 4.28. The Bertz CT molecular complexity index is 187. The van der Waals surface area contributed by atoms with Gasteiger partial charge in [-0.3, -0.25) is 4.79 Å². The van der Waals surface area contributed by atoms with Gasteiger partial charge in [0.2, 0.25) is 0 Å². The van der Waals surface area contributed by atoms with Crippen LogP contribution in [0.4, 0.5) is 0 Å². The van der Waals surface area contributed by atoms with Crippen LogP contribution in [0.1, 0.15) is 6.92 Å². The molecule has 13 heavy (non-hydrogen) atoms. The van der Waals surface area contributed by atoms with Gasteiger partial charge < -0.3 is 19.8 Å². The van der Waals surface area contributed by atoms with Crippen LogP contribution in [0, 0.1) is 0 Å². The Morgan fingerprint density at radius 1 is 1.54 bits per heavy atom. The van der Waals surface area contributed by atoms with E-state index in [1.807, 2.05) is 0 Å². The standard InChI is InChI=1S/C8H15NO4/c1-8(12,6-10)7(11)9-2-4-13-5-3-9/h10,12H,2-6H2,1H3. The van der Waals surface area contributed by atoms with Gasteiger partial charge in [0.15, 0.2) is 5.60 Å². The molecule has 1 amide bonds. The minimum absolute atomic E-state index is 0.432. The van der Waals surface area contributed by atoms with Crippen LogP contribution in [0.5, 0.6) is 0 Å². The Morgan fingerprint density at radius 2 is 2.08 bits per heavy atom. The highest BCUT2D eigenvalue weighted by molar-refractivity contribution is 5.84. The van der Waals surface area contributed by atoms with Gasteiger partial charge in [-0.25, -0.2) is 0 Å². The average Bonchev–Trinajstić information content (AvgIpc) is 2.18. The number of hydrogen-bond donors (Lipinski definition) is 2. The number of amides is 1. The quantitative estimate of drug-likeness (QED) is 0.560. The average molecular weight is 189 g/mol. The van der Waals surface area contributed by atoms with Crippen molar-refractivity contribution in [2.24, 2.45) is 0 Å². The lowest BCUT2D eigenvalue weighted by Crippen LogP contribution is -2.52. The highest BCUT2D eigenvalue weighted by Gasteiger charge is 2.34. The van der Waals surface area contributed by atoms with Gasteiger partial charge >= 0.3 is 0 Å². The summed E-state index contributed by atoms with van der Waals surface area (Å²) in [5.41, 5.74) is -1.66. The molecule has 0 saturated carbocycles. The molecule has 0 radical (unpaired) electrons. The maximum absolute atomic E-state index is 11.5. The predicted octanol–water partition coefficient (Wildman–Crippen LogP) is -1.41. The Balaban J connectivity index is 2.55. The molecule has 5 heteroatoms. The van der Waals surface area contributed by atoms with Crippen molar-refractivity contribution < 1.29 is 19.7 Å². The Morgan fingerprint density at radius 3 is 2.54 bits per heavy atom. The molecule has 0 spiro atoms. The van der Waals surface area contributed by atoms with Crippen LogP contribution in [0.15, 0.2) is 0 Å². The summed E-state index contributed by atoms with van der Waals surface area (Å²) >= 11 is 0. The minimum Gasteiger partial charge on any atom is -0.393 e. The van der Waals surface area contributed by atoms with E-state index in [4.69, 9.17) is 9.84 Å². The fourth-order valence-electron chi connectivity index (χ4n) is 1.17. The van der Waals surface area contributed by atoms with E-state index in [0.29, 0.717) is 26.3 Å². The number of hydrogen-bond acceptors (Lipinski definition) is 4. The molecule has 1 rings (SSSR count). The Hall–Kier alpha value is -0.650. The molecule has 0 aliphatic carbocycles. The maximum Gasteiger partial charge on any atom is 0.256 e. The smallest absolute Gasteiger partial charge is 0.256 e. The number of rotatable bonds is 2. The molecule has 76 valence electrons. The molecule has 1 fully saturated rings. The Labute approximate surface area is 76.9 Å². The van der Waals surface area contributed by atoms with E-state index in [1.165, 1.54) is 11.8 Å². The molecular weight excluding hydrogens is 174 g/mol. The lowest BCUT2D eigenvalue weighted by Gasteiger charge is -2.32. The zero-order valence-corrected chi connectivity index (χ0v) is 7.69. The van der Waals surface area contributed by atoms with Crippen LogP contribution in [0.25, 0.3) is 0 Å². The summed E-state index contributed by atoms with van der Waals surface area (Å²) in [5.74, 6) is -0.432. The van der Waals surface area contributed by atoms with Crippen LogP contribution in [0.3, 0.4) is 0 Å². The van der Waals surface area contributed by atoms with Gasteiger partial charge in [-0.2, -0.15) is 0 Å². The molecule has 1 atom stereocenters. The topological polar surface area (TPSA) is 70.0 Å². The highest BCUT2D eigenvalue weighted by Crippen LogP contribution is 2.09. The third-order valence-corrected chi connectivity index (χ3v) is 2.07. The van der Waals surface area contributed by atoms with Gasteiger partial charge in [0, 0.05) is 13.1 Å². The highest BCUT2D eigenvalue weighted by atomic mass is 16.5. The first kappa shape index (κ1) is 10.4. The zero-order chi connectivity index (χ0) is 9.90. The molecule has 1 unspecified atom stereocenters. The van der Waals surface area contributed by atoms with Gasteiger partial charge in [-0.05, 0) is 6.92 Å². The zero-order valence-electron chi connectivity index (χ0n) is 7.69. The summed E-state index contributed by atoms with van der Waals surface area (Å²) < 4.78 is 5.06. The largest absolute Gasteiger partial charge is 0.393 e. The summed E-state index contributed by atoms with van der Waals surface area (Å²) in [5, 5.41) is 18.2. The number of carbonyl (C=O) groups is 1. The van der Waals surface area contributed by atoms with Crippen molar-refractivity contribution in [2.45, 2.75) is 12.5 Å². The van der Waals surface area contributed by atoms with E-state index in [0.717, 1.165) is 0 Å². The summed E-state index contributed by atoms with van der Waals surface area (Å²) in [6, 6.07) is 0. The first-order valence-electron chi connectivity index (χ1n) is 4.28. The van der Waals surface area contributed by atoms with Crippen molar-refractivity contribution in [3.63, 3.8) is 0 Å². The Kier molecular flexibility index (Phi) is 3.24. The molecular formula is C8H15NO4.